The molecule has 0 radical (unpaired) electrons. The summed E-state index contributed by atoms with van der Waals surface area (Å²) in [5.41, 5.74) is 3.34. The van der Waals surface area contributed by atoms with Gasteiger partial charge >= 0.3 is 0 Å². The lowest BCUT2D eigenvalue weighted by molar-refractivity contribution is 0.0697. The zero-order valence-corrected chi connectivity index (χ0v) is 14.9. The van der Waals surface area contributed by atoms with E-state index in [2.05, 4.69) is 29.8 Å². The topological polar surface area (TPSA) is 37.3 Å². The Morgan fingerprint density at radius 2 is 1.87 bits per heavy atom. The highest BCUT2D eigenvalue weighted by molar-refractivity contribution is 5.95. The van der Waals surface area contributed by atoms with Crippen LogP contribution in [0.3, 0.4) is 0 Å². The first kappa shape index (κ1) is 16.6. The molecule has 1 aromatic rings. The number of aryl methyl sites for hydroxylation is 1. The number of rotatable bonds is 3. The molecule has 2 aliphatic rings. The van der Waals surface area contributed by atoms with E-state index in [-0.39, 0.29) is 5.91 Å². The van der Waals surface area contributed by atoms with Gasteiger partial charge in [-0.15, -0.1) is 0 Å². The molecule has 0 spiro atoms. The molecule has 1 unspecified atom stereocenters. The van der Waals surface area contributed by atoms with E-state index in [4.69, 9.17) is 0 Å². The van der Waals surface area contributed by atoms with E-state index in [1.54, 1.807) is 0 Å². The summed E-state index contributed by atoms with van der Waals surface area (Å²) in [5, 5.41) is 3.32. The van der Waals surface area contributed by atoms with Crippen LogP contribution in [0.5, 0.6) is 0 Å². The zero-order valence-electron chi connectivity index (χ0n) is 14.9. The number of aromatic nitrogens is 1. The maximum absolute atomic E-state index is 13.0. The predicted molar refractivity (Wildman–Crippen MR) is 94.0 cm³/mol. The minimum Gasteiger partial charge on any atom is -0.345 e. The Hall–Kier alpha value is -1.29. The van der Waals surface area contributed by atoms with E-state index < -0.39 is 0 Å². The first-order valence-corrected chi connectivity index (χ1v) is 9.26. The number of amides is 1. The van der Waals surface area contributed by atoms with Crippen molar-refractivity contribution in [2.24, 2.45) is 0 Å². The Balaban J connectivity index is 1.81. The lowest BCUT2D eigenvalue weighted by Crippen LogP contribution is -2.47. The third-order valence-corrected chi connectivity index (χ3v) is 5.77. The number of nitrogens with one attached hydrogen (secondary N) is 1. The summed E-state index contributed by atoms with van der Waals surface area (Å²) < 4.78 is 2.44. The van der Waals surface area contributed by atoms with Gasteiger partial charge in [0.25, 0.3) is 5.91 Å². The van der Waals surface area contributed by atoms with E-state index in [0.717, 1.165) is 25.1 Å². The number of hydrogen-bond donors (Lipinski definition) is 1. The highest BCUT2D eigenvalue weighted by Crippen LogP contribution is 2.32. The van der Waals surface area contributed by atoms with Gasteiger partial charge in [-0.3, -0.25) is 4.79 Å². The first-order valence-electron chi connectivity index (χ1n) is 9.26. The Morgan fingerprint density at radius 1 is 1.13 bits per heavy atom. The Morgan fingerprint density at radius 3 is 2.57 bits per heavy atom. The van der Waals surface area contributed by atoms with Crippen LogP contribution in [0.1, 0.15) is 72.7 Å². The van der Waals surface area contributed by atoms with Crippen molar-refractivity contribution in [3.8, 4) is 0 Å². The van der Waals surface area contributed by atoms with Gasteiger partial charge in [0, 0.05) is 36.6 Å². The number of piperidine rings is 1. The molecule has 4 heteroatoms. The summed E-state index contributed by atoms with van der Waals surface area (Å²) >= 11 is 0. The largest absolute Gasteiger partial charge is 0.345 e. The van der Waals surface area contributed by atoms with Crippen LogP contribution in [-0.4, -0.2) is 41.6 Å². The van der Waals surface area contributed by atoms with Crippen molar-refractivity contribution in [1.29, 1.82) is 0 Å². The predicted octanol–water partition coefficient (Wildman–Crippen LogP) is 3.43. The lowest BCUT2D eigenvalue weighted by Gasteiger charge is -2.32. The minimum absolute atomic E-state index is 0.222. The SMILES string of the molecule is CNC1CCCN(C(=O)c2cc(C)n(C3CCCCC3)c2C)C1. The Kier molecular flexibility index (Phi) is 5.10. The molecule has 1 saturated heterocycles. The number of nitrogens with zero attached hydrogens (tertiary/aromatic N) is 2. The van der Waals surface area contributed by atoms with Crippen LogP contribution < -0.4 is 5.32 Å². The molecule has 2 fully saturated rings. The molecule has 1 aromatic heterocycles. The summed E-state index contributed by atoms with van der Waals surface area (Å²) in [4.78, 5) is 15.1. The van der Waals surface area contributed by atoms with Gasteiger partial charge in [0.1, 0.15) is 0 Å². The summed E-state index contributed by atoms with van der Waals surface area (Å²) in [6, 6.07) is 3.15. The molecule has 1 amide bonds. The van der Waals surface area contributed by atoms with Crippen LogP contribution in [-0.2, 0) is 0 Å². The number of carbonyl (C=O) groups is 1. The average molecular weight is 317 g/mol. The van der Waals surface area contributed by atoms with Crippen LogP contribution in [0.25, 0.3) is 0 Å². The second kappa shape index (κ2) is 7.08. The third-order valence-electron chi connectivity index (χ3n) is 5.77. The number of likely N-dealkylation sites (tertiary alicyclic amines) is 1. The summed E-state index contributed by atoms with van der Waals surface area (Å²) in [7, 11) is 1.99. The minimum atomic E-state index is 0.222. The summed E-state index contributed by atoms with van der Waals surface area (Å²) in [6.07, 6.45) is 8.79. The molecule has 3 rings (SSSR count). The number of likely N-dealkylation sites (N-methyl/N-ethyl adjacent to an activating group) is 1. The normalized spacial score (nSPS) is 23.3. The number of hydrogen-bond acceptors (Lipinski definition) is 2. The molecular weight excluding hydrogens is 286 g/mol. The van der Waals surface area contributed by atoms with Crippen molar-refractivity contribution >= 4 is 5.91 Å². The first-order chi connectivity index (χ1) is 11.1. The van der Waals surface area contributed by atoms with Crippen molar-refractivity contribution in [2.75, 3.05) is 20.1 Å². The lowest BCUT2D eigenvalue weighted by atomic mass is 9.95. The highest BCUT2D eigenvalue weighted by Gasteiger charge is 2.28. The van der Waals surface area contributed by atoms with E-state index >= 15 is 0 Å². The van der Waals surface area contributed by atoms with E-state index in [9.17, 15) is 4.79 Å². The van der Waals surface area contributed by atoms with Crippen molar-refractivity contribution in [2.45, 2.75) is 70.9 Å². The van der Waals surface area contributed by atoms with Gasteiger partial charge in [0.2, 0.25) is 0 Å². The molecular formula is C19H31N3O. The molecule has 0 aromatic carbocycles. The second-order valence-corrected chi connectivity index (χ2v) is 7.33. The van der Waals surface area contributed by atoms with E-state index in [1.807, 2.05) is 11.9 Å². The van der Waals surface area contributed by atoms with Gasteiger partial charge < -0.3 is 14.8 Å². The molecule has 2 heterocycles. The fourth-order valence-electron chi connectivity index (χ4n) is 4.46. The molecule has 1 saturated carbocycles. The van der Waals surface area contributed by atoms with Crippen molar-refractivity contribution in [3.63, 3.8) is 0 Å². The van der Waals surface area contributed by atoms with E-state index in [1.165, 1.54) is 49.9 Å². The van der Waals surface area contributed by atoms with Crippen LogP contribution in [0.4, 0.5) is 0 Å². The number of carbonyl (C=O) groups excluding carboxylic acids is 1. The third kappa shape index (κ3) is 3.32. The van der Waals surface area contributed by atoms with Crippen molar-refractivity contribution in [3.05, 3.63) is 23.0 Å². The molecule has 128 valence electrons. The Bertz CT molecular complexity index is 557. The van der Waals surface area contributed by atoms with Gasteiger partial charge in [-0.05, 0) is 52.6 Å². The average Bonchev–Trinajstić information content (AvgIpc) is 2.89. The molecule has 1 N–H and O–H groups in total. The fraction of sp³-hybridized carbons (Fsp3) is 0.737. The second-order valence-electron chi connectivity index (χ2n) is 7.33. The van der Waals surface area contributed by atoms with Crippen molar-refractivity contribution < 1.29 is 4.79 Å². The van der Waals surface area contributed by atoms with Gasteiger partial charge in [-0.2, -0.15) is 0 Å². The van der Waals surface area contributed by atoms with Gasteiger partial charge in [-0.25, -0.2) is 0 Å². The highest BCUT2D eigenvalue weighted by atomic mass is 16.2. The molecule has 1 aliphatic carbocycles. The fourth-order valence-corrected chi connectivity index (χ4v) is 4.46. The molecule has 23 heavy (non-hydrogen) atoms. The van der Waals surface area contributed by atoms with E-state index in [0.29, 0.717) is 12.1 Å². The Labute approximate surface area is 140 Å². The standard InChI is InChI=1S/C19H31N3O/c1-14-12-18(15(2)22(14)17-9-5-4-6-10-17)19(23)21-11-7-8-16(13-21)20-3/h12,16-17,20H,4-11,13H2,1-3H3. The molecule has 1 aliphatic heterocycles. The maximum atomic E-state index is 13.0. The van der Waals surface area contributed by atoms with Crippen LogP contribution in [0, 0.1) is 13.8 Å². The van der Waals surface area contributed by atoms with Gasteiger partial charge in [-0.1, -0.05) is 19.3 Å². The molecule has 0 bridgehead atoms. The van der Waals surface area contributed by atoms with Crippen LogP contribution in [0.15, 0.2) is 6.07 Å². The van der Waals surface area contributed by atoms with Gasteiger partial charge in [0.05, 0.1) is 5.56 Å². The van der Waals surface area contributed by atoms with Crippen LogP contribution in [0.2, 0.25) is 0 Å². The van der Waals surface area contributed by atoms with Gasteiger partial charge in [0.15, 0.2) is 0 Å². The monoisotopic (exact) mass is 317 g/mol. The maximum Gasteiger partial charge on any atom is 0.255 e. The molecule has 1 atom stereocenters. The zero-order chi connectivity index (χ0) is 16.4. The molecule has 4 nitrogen and oxygen atoms in total. The smallest absolute Gasteiger partial charge is 0.255 e. The van der Waals surface area contributed by atoms with Crippen molar-refractivity contribution in [1.82, 2.24) is 14.8 Å². The van der Waals surface area contributed by atoms with Crippen LogP contribution >= 0.6 is 0 Å². The quantitative estimate of drug-likeness (QED) is 0.927. The summed E-state index contributed by atoms with van der Waals surface area (Å²) in [6.45, 7) is 6.02. The summed E-state index contributed by atoms with van der Waals surface area (Å²) in [5.74, 6) is 0.222.